The molecule has 0 bridgehead atoms. The molecule has 0 aliphatic rings. The predicted octanol–water partition coefficient (Wildman–Crippen LogP) is 6.77. The second-order valence-corrected chi connectivity index (χ2v) is 12.6. The molecule has 0 fully saturated rings. The van der Waals surface area contributed by atoms with E-state index < -0.39 is 27.7 Å². The summed E-state index contributed by atoms with van der Waals surface area (Å²) in [6, 6.07) is 18.6. The Morgan fingerprint density at radius 2 is 1.60 bits per heavy atom. The molecule has 0 radical (unpaired) electrons. The number of amides is 1. The molecule has 0 saturated carbocycles. The maximum atomic E-state index is 13.8. The number of rotatable bonds is 8. The monoisotopic (exact) mass is 634 g/mol. The van der Waals surface area contributed by atoms with Crippen molar-refractivity contribution in [2.45, 2.75) is 12.8 Å². The lowest BCUT2D eigenvalue weighted by Crippen LogP contribution is -2.25. The summed E-state index contributed by atoms with van der Waals surface area (Å²) >= 11 is 0. The number of nitrogens with two attached hydrogens (primary N) is 1. The molecule has 0 unspecified atom stereocenters. The van der Waals surface area contributed by atoms with Crippen molar-refractivity contribution in [1.82, 2.24) is 5.32 Å². The van der Waals surface area contributed by atoms with Gasteiger partial charge in [0.2, 0.25) is 10.0 Å². The van der Waals surface area contributed by atoms with Crippen LogP contribution in [0.1, 0.15) is 34.0 Å². The molecule has 45 heavy (non-hydrogen) atoms. The van der Waals surface area contributed by atoms with E-state index in [1.165, 1.54) is 68.7 Å². The van der Waals surface area contributed by atoms with Crippen LogP contribution in [0.25, 0.3) is 33.4 Å². The lowest BCUT2D eigenvalue weighted by Gasteiger charge is -2.21. The Kier molecular flexibility index (Phi) is 7.96. The molecule has 0 spiro atoms. The summed E-state index contributed by atoms with van der Waals surface area (Å²) in [6.45, 7) is 0.787. The highest BCUT2D eigenvalue weighted by Crippen LogP contribution is 2.42. The highest BCUT2D eigenvalue weighted by Gasteiger charge is 2.27. The summed E-state index contributed by atoms with van der Waals surface area (Å²) in [4.78, 5) is 13.2. The molecule has 5 aromatic rings. The van der Waals surface area contributed by atoms with Crippen LogP contribution in [0.5, 0.6) is 0 Å². The number of nitrogens with zero attached hydrogens (tertiary/aromatic N) is 1. The van der Waals surface area contributed by atoms with Crippen LogP contribution in [-0.2, 0) is 15.9 Å². The molecule has 5 rings (SSSR count). The zero-order valence-electron chi connectivity index (χ0n) is 24.7. The Balaban J connectivity index is 1.74. The number of hydrogen-bond acceptors (Lipinski definition) is 6. The third-order valence-electron chi connectivity index (χ3n) is 7.52. The number of nitrogen functional groups attached to an aromatic ring is 1. The van der Waals surface area contributed by atoms with Crippen LogP contribution in [0.2, 0.25) is 0 Å². The van der Waals surface area contributed by atoms with Gasteiger partial charge in [-0.2, -0.15) is 0 Å². The van der Waals surface area contributed by atoms with Crippen LogP contribution in [0.3, 0.4) is 0 Å². The molecule has 0 aliphatic carbocycles. The standard InChI is InChI=1S/C33H29F3N4O4S/c1-33(35,36)21-10-5-18(6-11-21)30(38)24-15-20(9-14-26(24)37)23-16-25-28(17-27(23)40(3)45(4,42)43)44-31(29(25)32(41)39-2)19-7-12-22(34)13-8-19/h5-17,38H,37H2,1-4H3,(H,39,41). The Bertz CT molecular complexity index is 2070. The summed E-state index contributed by atoms with van der Waals surface area (Å²) in [6.07, 6.45) is 1.04. The quantitative estimate of drug-likeness (QED) is 0.128. The van der Waals surface area contributed by atoms with Gasteiger partial charge in [0.1, 0.15) is 17.2 Å². The summed E-state index contributed by atoms with van der Waals surface area (Å²) in [5.41, 5.74) is 8.73. The second kappa shape index (κ2) is 11.4. The average Bonchev–Trinajstić information content (AvgIpc) is 3.37. The van der Waals surface area contributed by atoms with Gasteiger partial charge in [0, 0.05) is 66.0 Å². The molecule has 12 heteroatoms. The van der Waals surface area contributed by atoms with Crippen molar-refractivity contribution in [3.8, 4) is 22.5 Å². The van der Waals surface area contributed by atoms with Gasteiger partial charge in [-0.3, -0.25) is 14.5 Å². The summed E-state index contributed by atoms with van der Waals surface area (Å²) < 4.78 is 73.8. The molecule has 0 aliphatic heterocycles. The van der Waals surface area contributed by atoms with Crippen molar-refractivity contribution in [2.75, 3.05) is 30.4 Å². The number of nitrogens with one attached hydrogen (secondary N) is 2. The number of sulfonamides is 1. The second-order valence-electron chi connectivity index (χ2n) is 10.6. The van der Waals surface area contributed by atoms with E-state index in [0.717, 1.165) is 17.5 Å². The molecule has 232 valence electrons. The van der Waals surface area contributed by atoms with E-state index in [4.69, 9.17) is 15.6 Å². The zero-order chi connectivity index (χ0) is 32.8. The van der Waals surface area contributed by atoms with Gasteiger partial charge >= 0.3 is 0 Å². The van der Waals surface area contributed by atoms with Gasteiger partial charge in [-0.05, 0) is 48.0 Å². The largest absolute Gasteiger partial charge is 0.455 e. The minimum absolute atomic E-state index is 0.0348. The summed E-state index contributed by atoms with van der Waals surface area (Å²) in [7, 11) is -0.965. The predicted molar refractivity (Wildman–Crippen MR) is 170 cm³/mol. The number of carbonyl (C=O) groups is 1. The van der Waals surface area contributed by atoms with E-state index in [-0.39, 0.29) is 45.1 Å². The van der Waals surface area contributed by atoms with Gasteiger partial charge in [0.05, 0.1) is 23.2 Å². The number of halogens is 3. The van der Waals surface area contributed by atoms with Crippen molar-refractivity contribution < 1.29 is 30.8 Å². The molecule has 4 N–H and O–H groups in total. The molecule has 1 amide bonds. The molecule has 1 aromatic heterocycles. The van der Waals surface area contributed by atoms with Crippen LogP contribution < -0.4 is 15.4 Å². The molecular weight excluding hydrogens is 605 g/mol. The van der Waals surface area contributed by atoms with Crippen LogP contribution >= 0.6 is 0 Å². The smallest absolute Gasteiger partial charge is 0.270 e. The Morgan fingerprint density at radius 3 is 2.18 bits per heavy atom. The molecule has 8 nitrogen and oxygen atoms in total. The number of anilines is 2. The highest BCUT2D eigenvalue weighted by molar-refractivity contribution is 7.92. The number of fused-ring (bicyclic) bond motifs is 1. The third kappa shape index (κ3) is 6.01. The van der Waals surface area contributed by atoms with Crippen molar-refractivity contribution in [1.29, 1.82) is 5.41 Å². The first-order valence-electron chi connectivity index (χ1n) is 13.6. The minimum atomic E-state index is -3.79. The van der Waals surface area contributed by atoms with Gasteiger partial charge in [0.15, 0.2) is 0 Å². The third-order valence-corrected chi connectivity index (χ3v) is 8.71. The van der Waals surface area contributed by atoms with Crippen LogP contribution in [0.15, 0.2) is 83.3 Å². The average molecular weight is 635 g/mol. The van der Waals surface area contributed by atoms with Gasteiger partial charge in [-0.25, -0.2) is 21.6 Å². The first-order valence-corrected chi connectivity index (χ1v) is 15.4. The number of hydrogen-bond donors (Lipinski definition) is 3. The van der Waals surface area contributed by atoms with Crippen LogP contribution in [0, 0.1) is 11.2 Å². The SMILES string of the molecule is CNC(=O)c1c(-c2ccc(F)cc2)oc2cc(N(C)S(C)(=O)=O)c(-c3ccc(N)c(C(=N)c4ccc(C(C)(F)F)cc4)c3)cc12. The molecule has 4 aromatic carbocycles. The molecule has 0 atom stereocenters. The number of carbonyl (C=O) groups excluding carboxylic acids is 1. The number of furan rings is 1. The lowest BCUT2D eigenvalue weighted by molar-refractivity contribution is 0.0174. The minimum Gasteiger partial charge on any atom is -0.455 e. The zero-order valence-corrected chi connectivity index (χ0v) is 25.5. The van der Waals surface area contributed by atoms with E-state index in [9.17, 15) is 26.4 Å². The molecule has 0 saturated heterocycles. The van der Waals surface area contributed by atoms with Gasteiger partial charge < -0.3 is 15.5 Å². The van der Waals surface area contributed by atoms with E-state index in [1.54, 1.807) is 24.3 Å². The first-order chi connectivity index (χ1) is 21.1. The van der Waals surface area contributed by atoms with Crippen molar-refractivity contribution in [3.63, 3.8) is 0 Å². The van der Waals surface area contributed by atoms with E-state index in [0.29, 0.717) is 27.6 Å². The number of benzene rings is 4. The highest BCUT2D eigenvalue weighted by atomic mass is 32.2. The molecule has 1 heterocycles. The fourth-order valence-electron chi connectivity index (χ4n) is 4.98. The van der Waals surface area contributed by atoms with Gasteiger partial charge in [-0.15, -0.1) is 0 Å². The van der Waals surface area contributed by atoms with Gasteiger partial charge in [-0.1, -0.05) is 30.3 Å². The summed E-state index contributed by atoms with van der Waals surface area (Å²) in [5.74, 6) is -3.84. The van der Waals surface area contributed by atoms with Crippen molar-refractivity contribution in [3.05, 3.63) is 107 Å². The van der Waals surface area contributed by atoms with Crippen LogP contribution in [0.4, 0.5) is 24.5 Å². The fraction of sp³-hybridized carbons (Fsp3) is 0.152. The van der Waals surface area contributed by atoms with E-state index >= 15 is 0 Å². The maximum absolute atomic E-state index is 13.8. The number of alkyl halides is 2. The molecular formula is C33H29F3N4O4S. The lowest BCUT2D eigenvalue weighted by atomic mass is 9.93. The normalized spacial score (nSPS) is 11.9. The van der Waals surface area contributed by atoms with E-state index in [1.807, 2.05) is 0 Å². The first kappa shape index (κ1) is 31.3. The van der Waals surface area contributed by atoms with E-state index in [2.05, 4.69) is 5.32 Å². The van der Waals surface area contributed by atoms with Crippen LogP contribution in [-0.4, -0.2) is 40.4 Å². The van der Waals surface area contributed by atoms with Crippen molar-refractivity contribution >= 4 is 44.0 Å². The topological polar surface area (TPSA) is 129 Å². The summed E-state index contributed by atoms with van der Waals surface area (Å²) in [5, 5.41) is 11.8. The van der Waals surface area contributed by atoms with Gasteiger partial charge in [0.25, 0.3) is 11.8 Å². The Labute approximate surface area is 257 Å². The Morgan fingerprint density at radius 1 is 0.978 bits per heavy atom. The fourth-order valence-corrected chi connectivity index (χ4v) is 5.49. The van der Waals surface area contributed by atoms with Crippen molar-refractivity contribution in [2.24, 2.45) is 0 Å². The maximum Gasteiger partial charge on any atom is 0.270 e. The Hall–Kier alpha value is -5.10.